The minimum atomic E-state index is -4.83. The van der Waals surface area contributed by atoms with Crippen LogP contribution in [-0.4, -0.2) is 66.5 Å². The maximum Gasteiger partial charge on any atom is 0.472 e. The summed E-state index contributed by atoms with van der Waals surface area (Å²) in [6.07, 6.45) is 71.0. The van der Waals surface area contributed by atoms with Gasteiger partial charge < -0.3 is 24.2 Å². The van der Waals surface area contributed by atoms with Crippen LogP contribution in [0.25, 0.3) is 0 Å². The summed E-state index contributed by atoms with van der Waals surface area (Å²) in [6, 6.07) is 0. The molecule has 0 aliphatic carbocycles. The van der Waals surface area contributed by atoms with Crippen molar-refractivity contribution in [3.05, 3.63) is 182 Å². The van der Waals surface area contributed by atoms with E-state index in [-0.39, 0.29) is 19.3 Å². The third kappa shape index (κ3) is 49.6. The number of aliphatic hydroxyl groups excluding tert-OH is 1. The van der Waals surface area contributed by atoms with E-state index in [0.29, 0.717) is 19.3 Å². The van der Waals surface area contributed by atoms with Gasteiger partial charge in [0.25, 0.3) is 0 Å². The SMILES string of the molecule is CC/C=C\C/C=C\C/C=C\C/C=C\C/C=C\CC(=O)OCC(COP(=O)(O)OCC(CO)OC(=O)C/C=C\C/C=C\C/C=C\C/C=C\C/C=C\CC)OC(=O)C/C=C\C/C=C\C/C=C\C/C=C\C/C=C\CC. The fourth-order valence-electron chi connectivity index (χ4n) is 5.64. The van der Waals surface area contributed by atoms with Gasteiger partial charge in [-0.2, -0.15) is 0 Å². The summed E-state index contributed by atoms with van der Waals surface area (Å²) >= 11 is 0. The lowest BCUT2D eigenvalue weighted by Crippen LogP contribution is -2.30. The molecule has 0 aromatic rings. The summed E-state index contributed by atoms with van der Waals surface area (Å²) in [4.78, 5) is 48.2. The number of allylic oxidation sites excluding steroid dienone is 27. The standard InChI is InChI=1S/C60H87O11P/c1-4-7-10-13-16-19-22-25-28-31-34-37-40-43-46-49-58(62)67-53-57(71-60(64)51-48-45-42-39-36-33-30-27-24-21-18-15-12-9-6-3)55-69-72(65,66)68-54-56(52-61)70-59(63)50-47-44-41-38-35-32-29-26-23-20-17-14-11-8-5-2/h7-12,16-21,25-30,34-39,43-48,56-57,61H,4-6,13-15,22-24,31-33,40-42,49-55H2,1-3H3,(H,65,66)/b10-7-,11-8-,12-9-,19-16-,20-17-,21-18-,28-25-,29-26-,30-27-,37-34-,38-35-,39-36-,46-43-,47-44-,48-45-. The van der Waals surface area contributed by atoms with Crippen molar-refractivity contribution in [2.45, 2.75) is 149 Å². The van der Waals surface area contributed by atoms with Crippen molar-refractivity contribution in [1.82, 2.24) is 0 Å². The molecule has 0 aromatic heterocycles. The van der Waals surface area contributed by atoms with Crippen molar-refractivity contribution in [3.63, 3.8) is 0 Å². The van der Waals surface area contributed by atoms with Crippen molar-refractivity contribution >= 4 is 25.7 Å². The molecule has 72 heavy (non-hydrogen) atoms. The van der Waals surface area contributed by atoms with Gasteiger partial charge in [-0.1, -0.05) is 203 Å². The van der Waals surface area contributed by atoms with E-state index in [1.807, 2.05) is 54.7 Å². The summed E-state index contributed by atoms with van der Waals surface area (Å²) in [7, 11) is -4.83. The number of phosphoric acid groups is 1. The van der Waals surface area contributed by atoms with Crippen molar-refractivity contribution in [1.29, 1.82) is 0 Å². The highest BCUT2D eigenvalue weighted by atomic mass is 31.2. The Balaban J connectivity index is 5.09. The summed E-state index contributed by atoms with van der Waals surface area (Å²) in [5.41, 5.74) is 0. The lowest BCUT2D eigenvalue weighted by molar-refractivity contribution is -0.160. The number of phosphoric ester groups is 1. The number of carbonyl (C=O) groups is 3. The van der Waals surface area contributed by atoms with Gasteiger partial charge in [0.2, 0.25) is 0 Å². The molecule has 3 unspecified atom stereocenters. The largest absolute Gasteiger partial charge is 0.472 e. The second-order valence-corrected chi connectivity index (χ2v) is 17.3. The fourth-order valence-corrected chi connectivity index (χ4v) is 6.42. The summed E-state index contributed by atoms with van der Waals surface area (Å²) in [5.74, 6) is -1.94. The number of rotatable bonds is 44. The zero-order valence-corrected chi connectivity index (χ0v) is 44.4. The molecule has 0 amide bonds. The first-order chi connectivity index (χ1) is 35.2. The molecule has 0 radical (unpaired) electrons. The van der Waals surface area contributed by atoms with Gasteiger partial charge in [0.05, 0.1) is 39.1 Å². The average Bonchev–Trinajstić information content (AvgIpc) is 3.37. The van der Waals surface area contributed by atoms with E-state index in [9.17, 15) is 28.9 Å². The van der Waals surface area contributed by atoms with Crippen LogP contribution in [0.3, 0.4) is 0 Å². The molecule has 0 aliphatic rings. The topological polar surface area (TPSA) is 155 Å². The number of ether oxygens (including phenoxy) is 3. The van der Waals surface area contributed by atoms with Crippen LogP contribution < -0.4 is 0 Å². The average molecular weight is 1020 g/mol. The van der Waals surface area contributed by atoms with Gasteiger partial charge in [-0.15, -0.1) is 0 Å². The molecule has 0 spiro atoms. The van der Waals surface area contributed by atoms with E-state index in [0.717, 1.165) is 77.0 Å². The molecule has 3 atom stereocenters. The highest BCUT2D eigenvalue weighted by Gasteiger charge is 2.28. The Morgan fingerprint density at radius 1 is 0.361 bits per heavy atom. The highest BCUT2D eigenvalue weighted by Crippen LogP contribution is 2.43. The minimum absolute atomic E-state index is 0.0426. The predicted octanol–water partition coefficient (Wildman–Crippen LogP) is 14.9. The molecule has 12 heteroatoms. The van der Waals surface area contributed by atoms with Gasteiger partial charge >= 0.3 is 25.7 Å². The molecule has 0 aromatic carbocycles. The molecule has 0 saturated carbocycles. The molecule has 0 heterocycles. The maximum absolute atomic E-state index is 12.8. The van der Waals surface area contributed by atoms with Gasteiger partial charge in [-0.3, -0.25) is 23.4 Å². The van der Waals surface area contributed by atoms with E-state index in [2.05, 4.69) is 130 Å². The number of esters is 3. The molecule has 0 aliphatic heterocycles. The summed E-state index contributed by atoms with van der Waals surface area (Å²) in [5, 5.41) is 9.76. The molecule has 11 nitrogen and oxygen atoms in total. The minimum Gasteiger partial charge on any atom is -0.461 e. The zero-order chi connectivity index (χ0) is 52.7. The monoisotopic (exact) mass is 1010 g/mol. The van der Waals surface area contributed by atoms with E-state index in [1.54, 1.807) is 18.2 Å². The first kappa shape index (κ1) is 66.6. The van der Waals surface area contributed by atoms with Gasteiger partial charge in [0.1, 0.15) is 12.7 Å². The predicted molar refractivity (Wildman–Crippen MR) is 297 cm³/mol. The summed E-state index contributed by atoms with van der Waals surface area (Å²) < 4.78 is 39.0. The zero-order valence-electron chi connectivity index (χ0n) is 43.5. The number of aliphatic hydroxyl groups is 1. The van der Waals surface area contributed by atoms with Gasteiger partial charge in [-0.05, 0) is 96.3 Å². The van der Waals surface area contributed by atoms with Crippen LogP contribution >= 0.6 is 7.82 Å². The lowest BCUT2D eigenvalue weighted by atomic mass is 10.2. The Bertz CT molecular complexity index is 1900. The van der Waals surface area contributed by atoms with Crippen LogP contribution in [0.2, 0.25) is 0 Å². The van der Waals surface area contributed by atoms with Crippen molar-refractivity contribution in [2.24, 2.45) is 0 Å². The van der Waals surface area contributed by atoms with Gasteiger partial charge in [-0.25, -0.2) is 4.57 Å². The van der Waals surface area contributed by atoms with E-state index in [4.69, 9.17) is 23.3 Å². The van der Waals surface area contributed by atoms with Crippen LogP contribution in [0, 0.1) is 0 Å². The Morgan fingerprint density at radius 2 is 0.597 bits per heavy atom. The molecule has 0 rings (SSSR count). The van der Waals surface area contributed by atoms with Crippen LogP contribution in [0.15, 0.2) is 182 Å². The number of hydrogen-bond acceptors (Lipinski definition) is 10. The molecule has 0 saturated heterocycles. The van der Waals surface area contributed by atoms with Crippen LogP contribution in [-0.2, 0) is 42.2 Å². The fraction of sp³-hybridized carbons (Fsp3) is 0.450. The third-order valence-corrected chi connectivity index (χ3v) is 10.4. The summed E-state index contributed by atoms with van der Waals surface area (Å²) in [6.45, 7) is 3.90. The number of hydrogen-bond donors (Lipinski definition) is 2. The van der Waals surface area contributed by atoms with Crippen molar-refractivity contribution < 1.29 is 52.2 Å². The van der Waals surface area contributed by atoms with Crippen LogP contribution in [0.1, 0.15) is 136 Å². The van der Waals surface area contributed by atoms with E-state index < -0.39 is 64.4 Å². The van der Waals surface area contributed by atoms with Gasteiger partial charge in [0, 0.05) is 0 Å². The second kappa shape index (κ2) is 51.9. The second-order valence-electron chi connectivity index (χ2n) is 15.9. The first-order valence-corrected chi connectivity index (χ1v) is 27.2. The molecule has 0 bridgehead atoms. The third-order valence-electron chi connectivity index (χ3n) is 9.40. The quantitative estimate of drug-likeness (QED) is 0.0259. The normalized spacial score (nSPS) is 14.9. The highest BCUT2D eigenvalue weighted by molar-refractivity contribution is 7.47. The van der Waals surface area contributed by atoms with Crippen molar-refractivity contribution in [2.75, 3.05) is 26.4 Å². The maximum atomic E-state index is 12.8. The Kier molecular flexibility index (Phi) is 48.0. The molecule has 0 fully saturated rings. The Labute approximate surface area is 433 Å². The molecule has 398 valence electrons. The first-order valence-electron chi connectivity index (χ1n) is 25.7. The number of carbonyl (C=O) groups excluding carboxylic acids is 3. The van der Waals surface area contributed by atoms with Crippen LogP contribution in [0.5, 0.6) is 0 Å². The molecule has 2 N–H and O–H groups in total. The van der Waals surface area contributed by atoms with E-state index in [1.165, 1.54) is 0 Å². The van der Waals surface area contributed by atoms with E-state index >= 15 is 0 Å². The Morgan fingerprint density at radius 3 is 0.875 bits per heavy atom. The van der Waals surface area contributed by atoms with Crippen molar-refractivity contribution in [3.8, 4) is 0 Å². The lowest BCUT2D eigenvalue weighted by Gasteiger charge is -2.21. The van der Waals surface area contributed by atoms with Gasteiger partial charge in [0.15, 0.2) is 6.10 Å². The smallest absolute Gasteiger partial charge is 0.461 e. The molecular formula is C60H87O11P. The Hall–Kier alpha value is -5.42. The van der Waals surface area contributed by atoms with Crippen LogP contribution in [0.4, 0.5) is 0 Å². The molecular weight excluding hydrogens is 928 g/mol.